The number of nitrogens with zero attached hydrogens (tertiary/aromatic N) is 2. The van der Waals surface area contributed by atoms with Crippen LogP contribution in [0, 0.1) is 11.3 Å². The van der Waals surface area contributed by atoms with Gasteiger partial charge in [0.15, 0.2) is 0 Å². The molecule has 0 saturated heterocycles. The molecule has 0 aliphatic carbocycles. The van der Waals surface area contributed by atoms with E-state index >= 15 is 0 Å². The first-order chi connectivity index (χ1) is 9.01. The SMILES string of the molecule is N#Cc1cnc2ccccc2c1NCCS(N)(=O)=O. The summed E-state index contributed by atoms with van der Waals surface area (Å²) in [5.41, 5.74) is 1.68. The molecule has 0 radical (unpaired) electrons. The molecular weight excluding hydrogens is 264 g/mol. The van der Waals surface area contributed by atoms with Crippen LogP contribution in [0.2, 0.25) is 0 Å². The van der Waals surface area contributed by atoms with Gasteiger partial charge in [0.2, 0.25) is 10.0 Å². The van der Waals surface area contributed by atoms with Gasteiger partial charge in [0.25, 0.3) is 0 Å². The Hall–Kier alpha value is -2.17. The van der Waals surface area contributed by atoms with Crippen molar-refractivity contribution in [3.63, 3.8) is 0 Å². The van der Waals surface area contributed by atoms with Crippen LogP contribution in [0.4, 0.5) is 5.69 Å². The van der Waals surface area contributed by atoms with Crippen LogP contribution in [-0.4, -0.2) is 25.7 Å². The number of benzene rings is 1. The van der Waals surface area contributed by atoms with Crippen LogP contribution < -0.4 is 10.5 Å². The minimum atomic E-state index is -3.53. The molecule has 1 heterocycles. The maximum Gasteiger partial charge on any atom is 0.210 e. The van der Waals surface area contributed by atoms with E-state index in [-0.39, 0.29) is 12.3 Å². The van der Waals surface area contributed by atoms with Crippen molar-refractivity contribution in [3.8, 4) is 6.07 Å². The zero-order valence-corrected chi connectivity index (χ0v) is 10.8. The van der Waals surface area contributed by atoms with E-state index in [1.54, 1.807) is 0 Å². The van der Waals surface area contributed by atoms with E-state index in [9.17, 15) is 8.42 Å². The molecular formula is C12H12N4O2S. The van der Waals surface area contributed by atoms with Gasteiger partial charge in [0.1, 0.15) is 6.07 Å². The molecule has 0 aliphatic rings. The Balaban J connectivity index is 2.37. The molecule has 0 unspecified atom stereocenters. The molecule has 0 bridgehead atoms. The molecule has 6 nitrogen and oxygen atoms in total. The summed E-state index contributed by atoms with van der Waals surface area (Å²) in [5, 5.41) is 17.7. The molecule has 19 heavy (non-hydrogen) atoms. The van der Waals surface area contributed by atoms with Crippen molar-refractivity contribution in [2.75, 3.05) is 17.6 Å². The van der Waals surface area contributed by atoms with E-state index in [0.29, 0.717) is 11.3 Å². The minimum Gasteiger partial charge on any atom is -0.382 e. The second kappa shape index (κ2) is 5.22. The number of pyridine rings is 1. The Morgan fingerprint density at radius 1 is 1.37 bits per heavy atom. The van der Waals surface area contributed by atoms with Gasteiger partial charge in [-0.05, 0) is 6.07 Å². The second-order valence-electron chi connectivity index (χ2n) is 3.97. The summed E-state index contributed by atoms with van der Waals surface area (Å²) < 4.78 is 21.8. The predicted octanol–water partition coefficient (Wildman–Crippen LogP) is 0.807. The molecule has 3 N–H and O–H groups in total. The number of hydrogen-bond acceptors (Lipinski definition) is 5. The molecule has 0 saturated carbocycles. The van der Waals surface area contributed by atoms with Crippen molar-refractivity contribution in [1.29, 1.82) is 5.26 Å². The molecule has 0 aliphatic heterocycles. The standard InChI is InChI=1S/C12H12N4O2S/c13-7-9-8-16-11-4-2-1-3-10(11)12(9)15-5-6-19(14,17)18/h1-4,8H,5-6H2,(H,15,16)(H2,14,17,18). The molecule has 0 fully saturated rings. The molecule has 2 rings (SSSR count). The number of rotatable bonds is 4. The summed E-state index contributed by atoms with van der Waals surface area (Å²) in [6, 6.07) is 9.34. The van der Waals surface area contributed by atoms with Gasteiger partial charge in [-0.25, -0.2) is 13.6 Å². The van der Waals surface area contributed by atoms with Crippen LogP contribution in [0.1, 0.15) is 5.56 Å². The van der Waals surface area contributed by atoms with Crippen LogP contribution in [-0.2, 0) is 10.0 Å². The van der Waals surface area contributed by atoms with Gasteiger partial charge in [-0.15, -0.1) is 0 Å². The predicted molar refractivity (Wildman–Crippen MR) is 72.9 cm³/mol. The molecule has 0 amide bonds. The number of sulfonamides is 1. The third-order valence-electron chi connectivity index (χ3n) is 2.58. The van der Waals surface area contributed by atoms with Gasteiger partial charge in [-0.2, -0.15) is 5.26 Å². The lowest BCUT2D eigenvalue weighted by Crippen LogP contribution is -2.22. The number of para-hydroxylation sites is 1. The zero-order valence-electron chi connectivity index (χ0n) is 10.00. The smallest absolute Gasteiger partial charge is 0.210 e. The number of primary sulfonamides is 1. The van der Waals surface area contributed by atoms with E-state index in [1.165, 1.54) is 6.20 Å². The van der Waals surface area contributed by atoms with E-state index < -0.39 is 10.0 Å². The summed E-state index contributed by atoms with van der Waals surface area (Å²) in [6.45, 7) is 0.140. The number of hydrogen-bond donors (Lipinski definition) is 2. The van der Waals surface area contributed by atoms with Crippen molar-refractivity contribution >= 4 is 26.6 Å². The van der Waals surface area contributed by atoms with E-state index in [0.717, 1.165) is 10.9 Å². The van der Waals surface area contributed by atoms with E-state index in [4.69, 9.17) is 10.4 Å². The van der Waals surface area contributed by atoms with Gasteiger partial charge in [0, 0.05) is 18.1 Å². The van der Waals surface area contributed by atoms with Crippen LogP contribution in [0.5, 0.6) is 0 Å². The van der Waals surface area contributed by atoms with Crippen molar-refractivity contribution < 1.29 is 8.42 Å². The van der Waals surface area contributed by atoms with Crippen molar-refractivity contribution in [3.05, 3.63) is 36.0 Å². The maximum absolute atomic E-state index is 10.9. The fourth-order valence-corrected chi connectivity index (χ4v) is 2.12. The van der Waals surface area contributed by atoms with Crippen LogP contribution in [0.3, 0.4) is 0 Å². The lowest BCUT2D eigenvalue weighted by Gasteiger charge is -2.10. The quantitative estimate of drug-likeness (QED) is 0.858. The first-order valence-corrected chi connectivity index (χ1v) is 7.25. The maximum atomic E-state index is 10.9. The Morgan fingerprint density at radius 2 is 2.11 bits per heavy atom. The van der Waals surface area contributed by atoms with Gasteiger partial charge in [-0.3, -0.25) is 4.98 Å². The topological polar surface area (TPSA) is 109 Å². The summed E-state index contributed by atoms with van der Waals surface area (Å²) in [7, 11) is -3.53. The summed E-state index contributed by atoms with van der Waals surface area (Å²) >= 11 is 0. The molecule has 1 aromatic carbocycles. The Morgan fingerprint density at radius 3 is 2.79 bits per heavy atom. The number of nitriles is 1. The largest absolute Gasteiger partial charge is 0.382 e. The van der Waals surface area contributed by atoms with E-state index in [2.05, 4.69) is 10.3 Å². The molecule has 1 aromatic heterocycles. The summed E-state index contributed by atoms with van der Waals surface area (Å²) in [6.07, 6.45) is 1.46. The lowest BCUT2D eigenvalue weighted by molar-refractivity contribution is 0.598. The highest BCUT2D eigenvalue weighted by atomic mass is 32.2. The highest BCUT2D eigenvalue weighted by Crippen LogP contribution is 2.24. The summed E-state index contributed by atoms with van der Waals surface area (Å²) in [4.78, 5) is 4.16. The van der Waals surface area contributed by atoms with Gasteiger partial charge in [0.05, 0.1) is 22.5 Å². The molecule has 98 valence electrons. The Kier molecular flexibility index (Phi) is 3.64. The fraction of sp³-hybridized carbons (Fsp3) is 0.167. The number of aromatic nitrogens is 1. The Bertz CT molecular complexity index is 750. The molecule has 7 heteroatoms. The Labute approximate surface area is 110 Å². The molecule has 0 atom stereocenters. The molecule has 2 aromatic rings. The van der Waals surface area contributed by atoms with Gasteiger partial charge >= 0.3 is 0 Å². The van der Waals surface area contributed by atoms with Gasteiger partial charge in [-0.1, -0.05) is 18.2 Å². The van der Waals surface area contributed by atoms with E-state index in [1.807, 2.05) is 30.3 Å². The van der Waals surface area contributed by atoms with Crippen LogP contribution in [0.25, 0.3) is 10.9 Å². The van der Waals surface area contributed by atoms with Crippen molar-refractivity contribution in [2.45, 2.75) is 0 Å². The number of anilines is 1. The molecule has 0 spiro atoms. The highest BCUT2D eigenvalue weighted by Gasteiger charge is 2.09. The zero-order chi connectivity index (χ0) is 13.9. The number of nitrogens with two attached hydrogens (primary N) is 1. The van der Waals surface area contributed by atoms with Crippen molar-refractivity contribution in [2.24, 2.45) is 5.14 Å². The first kappa shape index (κ1) is 13.3. The average Bonchev–Trinajstić information content (AvgIpc) is 2.37. The number of fused-ring (bicyclic) bond motifs is 1. The highest BCUT2D eigenvalue weighted by molar-refractivity contribution is 7.89. The van der Waals surface area contributed by atoms with Crippen LogP contribution >= 0.6 is 0 Å². The normalized spacial score (nSPS) is 11.2. The minimum absolute atomic E-state index is 0.140. The third kappa shape index (κ3) is 3.19. The summed E-state index contributed by atoms with van der Waals surface area (Å²) in [5.74, 6) is -0.200. The number of nitrogens with one attached hydrogen (secondary N) is 1. The third-order valence-corrected chi connectivity index (χ3v) is 3.36. The average molecular weight is 276 g/mol. The van der Waals surface area contributed by atoms with Crippen molar-refractivity contribution in [1.82, 2.24) is 4.98 Å². The monoisotopic (exact) mass is 276 g/mol. The van der Waals surface area contributed by atoms with Crippen LogP contribution in [0.15, 0.2) is 30.5 Å². The first-order valence-electron chi connectivity index (χ1n) is 5.53. The second-order valence-corrected chi connectivity index (χ2v) is 5.70. The van der Waals surface area contributed by atoms with Gasteiger partial charge < -0.3 is 5.32 Å². The lowest BCUT2D eigenvalue weighted by atomic mass is 10.1. The fourth-order valence-electron chi connectivity index (χ4n) is 1.73.